The highest BCUT2D eigenvalue weighted by atomic mass is 16.5. The van der Waals surface area contributed by atoms with Crippen molar-refractivity contribution in [3.05, 3.63) is 11.4 Å². The maximum atomic E-state index is 9.11. The molecule has 1 aromatic rings. The number of aliphatic hydroxyl groups is 1. The average molecular weight is 213 g/mol. The van der Waals surface area contributed by atoms with Crippen molar-refractivity contribution in [2.75, 3.05) is 13.7 Å². The van der Waals surface area contributed by atoms with Crippen molar-refractivity contribution >= 4 is 0 Å². The van der Waals surface area contributed by atoms with Crippen molar-refractivity contribution in [1.82, 2.24) is 15.0 Å². The second-order valence-corrected chi connectivity index (χ2v) is 3.80. The van der Waals surface area contributed by atoms with Crippen LogP contribution in [0, 0.1) is 0 Å². The average Bonchev–Trinajstić information content (AvgIpc) is 2.61. The highest BCUT2D eigenvalue weighted by Gasteiger charge is 2.14. The van der Waals surface area contributed by atoms with Crippen molar-refractivity contribution in [3.63, 3.8) is 0 Å². The summed E-state index contributed by atoms with van der Waals surface area (Å²) in [4.78, 5) is 0. The summed E-state index contributed by atoms with van der Waals surface area (Å²) in [6, 6.07) is 0. The van der Waals surface area contributed by atoms with Crippen molar-refractivity contribution in [1.29, 1.82) is 0 Å². The molecular weight excluding hydrogens is 194 g/mol. The van der Waals surface area contributed by atoms with Crippen LogP contribution in [0.25, 0.3) is 0 Å². The highest BCUT2D eigenvalue weighted by Crippen LogP contribution is 2.17. The Labute approximate surface area is 90.1 Å². The molecule has 0 saturated heterocycles. The van der Waals surface area contributed by atoms with Gasteiger partial charge in [0.1, 0.15) is 5.69 Å². The van der Waals surface area contributed by atoms with Gasteiger partial charge in [0.25, 0.3) is 0 Å². The molecule has 1 aromatic heterocycles. The van der Waals surface area contributed by atoms with E-state index in [1.807, 2.05) is 4.68 Å². The van der Waals surface area contributed by atoms with Gasteiger partial charge in [-0.2, -0.15) is 0 Å². The fourth-order valence-electron chi connectivity index (χ4n) is 1.62. The van der Waals surface area contributed by atoms with Gasteiger partial charge in [-0.1, -0.05) is 19.1 Å². The minimum absolute atomic E-state index is 0.0439. The number of nitrogens with zero attached hydrogens (tertiary/aromatic N) is 3. The summed E-state index contributed by atoms with van der Waals surface area (Å²) in [6.45, 7) is 5.60. The third-order valence-corrected chi connectivity index (χ3v) is 2.26. The number of rotatable bonds is 6. The van der Waals surface area contributed by atoms with Crippen LogP contribution in [0.4, 0.5) is 0 Å². The molecule has 1 N–H and O–H groups in total. The Morgan fingerprint density at radius 2 is 2.20 bits per heavy atom. The van der Waals surface area contributed by atoms with E-state index in [1.165, 1.54) is 0 Å². The third kappa shape index (κ3) is 3.00. The van der Waals surface area contributed by atoms with Gasteiger partial charge in [0.05, 0.1) is 12.3 Å². The van der Waals surface area contributed by atoms with Crippen LogP contribution in [0.15, 0.2) is 0 Å². The van der Waals surface area contributed by atoms with Crippen molar-refractivity contribution in [3.8, 4) is 0 Å². The smallest absolute Gasteiger partial charge is 0.112 e. The number of aromatic nitrogens is 3. The van der Waals surface area contributed by atoms with Gasteiger partial charge in [0.15, 0.2) is 0 Å². The van der Waals surface area contributed by atoms with Crippen molar-refractivity contribution in [2.45, 2.75) is 39.3 Å². The highest BCUT2D eigenvalue weighted by molar-refractivity contribution is 5.13. The van der Waals surface area contributed by atoms with Gasteiger partial charge in [-0.05, 0) is 12.3 Å². The fraction of sp³-hybridized carbons (Fsp3) is 0.800. The first-order chi connectivity index (χ1) is 7.20. The molecule has 5 heteroatoms. The summed E-state index contributed by atoms with van der Waals surface area (Å²) in [5.74, 6) is 0.324. The summed E-state index contributed by atoms with van der Waals surface area (Å²) in [6.07, 6.45) is 0.907. The molecule has 0 bridgehead atoms. The minimum Gasteiger partial charge on any atom is -0.390 e. The standard InChI is InChI=1S/C10H19N3O2/c1-8(2)10-9(7-14)11-12-13(10)5-4-6-15-3/h8,14H,4-7H2,1-3H3. The van der Waals surface area contributed by atoms with Gasteiger partial charge >= 0.3 is 0 Å². The van der Waals surface area contributed by atoms with Crippen LogP contribution in [0.3, 0.4) is 0 Å². The first kappa shape index (κ1) is 12.1. The number of ether oxygens (including phenoxy) is 1. The van der Waals surface area contributed by atoms with Gasteiger partial charge < -0.3 is 9.84 Å². The van der Waals surface area contributed by atoms with Gasteiger partial charge in [0.2, 0.25) is 0 Å². The molecular formula is C10H19N3O2. The molecule has 0 spiro atoms. The molecule has 5 nitrogen and oxygen atoms in total. The van der Waals surface area contributed by atoms with Gasteiger partial charge in [-0.15, -0.1) is 5.10 Å². The molecule has 86 valence electrons. The SMILES string of the molecule is COCCCn1nnc(CO)c1C(C)C. The summed E-state index contributed by atoms with van der Waals surface area (Å²) in [5, 5.41) is 17.1. The Balaban J connectivity index is 2.73. The molecule has 0 atom stereocenters. The molecule has 1 heterocycles. The molecule has 0 aliphatic rings. The Bertz CT molecular complexity index is 297. The Morgan fingerprint density at radius 1 is 1.47 bits per heavy atom. The van der Waals surface area contributed by atoms with E-state index < -0.39 is 0 Å². The molecule has 0 unspecified atom stereocenters. The molecule has 0 aromatic carbocycles. The maximum absolute atomic E-state index is 9.11. The minimum atomic E-state index is -0.0439. The number of aryl methyl sites for hydroxylation is 1. The van der Waals surface area contributed by atoms with Crippen LogP contribution in [0.1, 0.15) is 37.6 Å². The third-order valence-electron chi connectivity index (χ3n) is 2.26. The quantitative estimate of drug-likeness (QED) is 0.714. The summed E-state index contributed by atoms with van der Waals surface area (Å²) in [5.41, 5.74) is 1.70. The number of aliphatic hydroxyl groups excluding tert-OH is 1. The topological polar surface area (TPSA) is 60.2 Å². The van der Waals surface area contributed by atoms with Crippen LogP contribution in [-0.4, -0.2) is 33.8 Å². The Morgan fingerprint density at radius 3 is 2.73 bits per heavy atom. The normalized spacial score (nSPS) is 11.3. The molecule has 0 fully saturated rings. The van der Waals surface area contributed by atoms with Crippen LogP contribution in [0.2, 0.25) is 0 Å². The van der Waals surface area contributed by atoms with Crippen molar-refractivity contribution in [2.24, 2.45) is 0 Å². The van der Waals surface area contributed by atoms with Crippen LogP contribution < -0.4 is 0 Å². The van der Waals surface area contributed by atoms with Gasteiger partial charge in [-0.3, -0.25) is 0 Å². The lowest BCUT2D eigenvalue weighted by molar-refractivity contribution is 0.188. The molecule has 0 aliphatic heterocycles. The lowest BCUT2D eigenvalue weighted by atomic mass is 10.1. The summed E-state index contributed by atoms with van der Waals surface area (Å²) < 4.78 is 6.84. The van der Waals surface area contributed by atoms with E-state index >= 15 is 0 Å². The van der Waals surface area contributed by atoms with E-state index in [4.69, 9.17) is 9.84 Å². The van der Waals surface area contributed by atoms with Crippen LogP contribution >= 0.6 is 0 Å². The van der Waals surface area contributed by atoms with E-state index in [-0.39, 0.29) is 6.61 Å². The monoisotopic (exact) mass is 213 g/mol. The molecule has 0 radical (unpaired) electrons. The molecule has 1 rings (SSSR count). The lowest BCUT2D eigenvalue weighted by Crippen LogP contribution is -2.09. The number of hydrogen-bond donors (Lipinski definition) is 1. The second-order valence-electron chi connectivity index (χ2n) is 3.80. The summed E-state index contributed by atoms with van der Waals surface area (Å²) in [7, 11) is 1.68. The first-order valence-electron chi connectivity index (χ1n) is 5.22. The molecule has 15 heavy (non-hydrogen) atoms. The van der Waals surface area contributed by atoms with E-state index in [1.54, 1.807) is 7.11 Å². The van der Waals surface area contributed by atoms with E-state index in [0.29, 0.717) is 18.2 Å². The molecule has 0 aliphatic carbocycles. The van der Waals surface area contributed by atoms with Gasteiger partial charge in [0, 0.05) is 20.3 Å². The fourth-order valence-corrected chi connectivity index (χ4v) is 1.62. The molecule has 0 amide bonds. The molecule has 0 saturated carbocycles. The number of hydrogen-bond acceptors (Lipinski definition) is 4. The summed E-state index contributed by atoms with van der Waals surface area (Å²) >= 11 is 0. The maximum Gasteiger partial charge on any atom is 0.112 e. The van der Waals surface area contributed by atoms with Gasteiger partial charge in [-0.25, -0.2) is 4.68 Å². The predicted molar refractivity (Wildman–Crippen MR) is 56.5 cm³/mol. The first-order valence-corrected chi connectivity index (χ1v) is 5.22. The zero-order valence-corrected chi connectivity index (χ0v) is 9.60. The Kier molecular flexibility index (Phi) is 4.71. The second kappa shape index (κ2) is 5.82. The lowest BCUT2D eigenvalue weighted by Gasteiger charge is -2.09. The largest absolute Gasteiger partial charge is 0.390 e. The van der Waals surface area contributed by atoms with Crippen molar-refractivity contribution < 1.29 is 9.84 Å². The zero-order valence-electron chi connectivity index (χ0n) is 9.60. The zero-order chi connectivity index (χ0) is 11.3. The van der Waals surface area contributed by atoms with E-state index in [0.717, 1.165) is 18.7 Å². The number of methoxy groups -OCH3 is 1. The predicted octanol–water partition coefficient (Wildman–Crippen LogP) is 0.930. The Hall–Kier alpha value is -0.940. The van der Waals surface area contributed by atoms with E-state index in [9.17, 15) is 0 Å². The van der Waals surface area contributed by atoms with Crippen LogP contribution in [-0.2, 0) is 17.9 Å². The van der Waals surface area contributed by atoms with E-state index in [2.05, 4.69) is 24.2 Å². The van der Waals surface area contributed by atoms with Crippen LogP contribution in [0.5, 0.6) is 0 Å².